The first kappa shape index (κ1) is 27.8. The van der Waals surface area contributed by atoms with E-state index in [2.05, 4.69) is 28.0 Å². The Labute approximate surface area is 242 Å². The highest BCUT2D eigenvalue weighted by molar-refractivity contribution is 8.26. The van der Waals surface area contributed by atoms with Crippen molar-refractivity contribution in [1.29, 1.82) is 5.26 Å². The predicted molar refractivity (Wildman–Crippen MR) is 160 cm³/mol. The molecule has 7 nitrogen and oxygen atoms in total. The number of rotatable bonds is 6. The summed E-state index contributed by atoms with van der Waals surface area (Å²) in [5.41, 5.74) is 2.91. The van der Waals surface area contributed by atoms with Crippen molar-refractivity contribution in [3.05, 3.63) is 103 Å². The van der Waals surface area contributed by atoms with E-state index in [1.54, 1.807) is 32.2 Å². The van der Waals surface area contributed by atoms with Crippen LogP contribution in [0.25, 0.3) is 6.08 Å². The summed E-state index contributed by atoms with van der Waals surface area (Å²) in [6.45, 7) is 5.83. The summed E-state index contributed by atoms with van der Waals surface area (Å²) < 4.78 is 15.3. The Balaban J connectivity index is 1.45. The molecule has 0 spiro atoms. The fraction of sp³-hybridized carbons (Fsp3) is 0.267. The van der Waals surface area contributed by atoms with Crippen LogP contribution in [0, 0.1) is 24.1 Å². The molecule has 0 saturated carbocycles. The maximum Gasteiger partial charge on any atom is 0.270 e. The van der Waals surface area contributed by atoms with Crippen LogP contribution in [0.2, 0.25) is 0 Å². The van der Waals surface area contributed by atoms with Gasteiger partial charge in [0.2, 0.25) is 0 Å². The van der Waals surface area contributed by atoms with Gasteiger partial charge in [-0.15, -0.1) is 0 Å². The molecular formula is C30H28FN5O2S2. The number of halogens is 1. The Kier molecular flexibility index (Phi) is 8.17. The average Bonchev–Trinajstić information content (AvgIpc) is 3.22. The zero-order chi connectivity index (χ0) is 28.4. The van der Waals surface area contributed by atoms with Gasteiger partial charge in [0.25, 0.3) is 11.5 Å². The van der Waals surface area contributed by atoms with Crippen molar-refractivity contribution < 1.29 is 9.18 Å². The molecule has 0 radical (unpaired) electrons. The van der Waals surface area contributed by atoms with Crippen LogP contribution in [-0.2, 0) is 24.9 Å². The Morgan fingerprint density at radius 1 is 1.00 bits per heavy atom. The minimum absolute atomic E-state index is 0.0574. The smallest absolute Gasteiger partial charge is 0.270 e. The van der Waals surface area contributed by atoms with Crippen molar-refractivity contribution in [2.24, 2.45) is 7.05 Å². The first-order valence-electron chi connectivity index (χ1n) is 12.9. The molecule has 5 rings (SSSR count). The fourth-order valence-electron chi connectivity index (χ4n) is 5.09. The number of anilines is 1. The summed E-state index contributed by atoms with van der Waals surface area (Å²) in [5.74, 6) is 0.0790. The lowest BCUT2D eigenvalue weighted by atomic mass is 10.0. The third kappa shape index (κ3) is 5.59. The lowest BCUT2D eigenvalue weighted by Crippen LogP contribution is -2.48. The van der Waals surface area contributed by atoms with Crippen LogP contribution in [-0.4, -0.2) is 50.8 Å². The number of carbonyl (C=O) groups is 1. The van der Waals surface area contributed by atoms with Crippen LogP contribution in [0.5, 0.6) is 0 Å². The van der Waals surface area contributed by atoms with Crippen molar-refractivity contribution in [1.82, 2.24) is 14.4 Å². The molecule has 2 aromatic carbocycles. The molecule has 3 heterocycles. The number of pyridine rings is 1. The largest absolute Gasteiger partial charge is 0.355 e. The number of thiocarbonyl (C=S) groups is 1. The van der Waals surface area contributed by atoms with E-state index in [0.717, 1.165) is 25.2 Å². The highest BCUT2D eigenvalue weighted by atomic mass is 32.2. The number of amides is 1. The predicted octanol–water partition coefficient (Wildman–Crippen LogP) is 4.43. The Morgan fingerprint density at radius 2 is 1.65 bits per heavy atom. The number of hydrogen-bond acceptors (Lipinski definition) is 7. The summed E-state index contributed by atoms with van der Waals surface area (Å²) in [7, 11) is 1.67. The van der Waals surface area contributed by atoms with E-state index in [0.29, 0.717) is 39.3 Å². The maximum absolute atomic E-state index is 13.4. The van der Waals surface area contributed by atoms with E-state index >= 15 is 0 Å². The lowest BCUT2D eigenvalue weighted by Gasteiger charge is -2.37. The number of thioether (sulfide) groups is 1. The second-order valence-electron chi connectivity index (χ2n) is 9.86. The average molecular weight is 574 g/mol. The monoisotopic (exact) mass is 573 g/mol. The van der Waals surface area contributed by atoms with Crippen LogP contribution in [0.15, 0.2) is 64.3 Å². The van der Waals surface area contributed by atoms with Gasteiger partial charge in [0.1, 0.15) is 27.6 Å². The molecule has 10 heteroatoms. The Hall–Kier alpha value is -3.78. The molecule has 3 aromatic rings. The molecule has 2 aliphatic rings. The van der Waals surface area contributed by atoms with Crippen LogP contribution < -0.4 is 10.5 Å². The van der Waals surface area contributed by atoms with Crippen LogP contribution in [0.1, 0.15) is 27.8 Å². The normalized spacial score (nSPS) is 17.1. The van der Waals surface area contributed by atoms with Gasteiger partial charge in [-0.05, 0) is 41.8 Å². The van der Waals surface area contributed by atoms with E-state index in [1.807, 2.05) is 18.2 Å². The summed E-state index contributed by atoms with van der Waals surface area (Å²) in [6.07, 6.45) is 1.76. The number of aromatic nitrogens is 1. The van der Waals surface area contributed by atoms with Crippen LogP contribution >= 0.6 is 24.0 Å². The standard InChI is InChI=1S/C30H28FN5O2S2/c1-20-24(16-26-29(38)36(30(39)40-26)19-22-8-10-23(31)11-9-22)27(33(2)28(37)25(20)17-32)35-14-12-34(13-15-35)18-21-6-4-3-5-7-21/h3-11,16H,12-15,18-19H2,1-2H3. The summed E-state index contributed by atoms with van der Waals surface area (Å²) >= 11 is 6.70. The second-order valence-corrected chi connectivity index (χ2v) is 11.5. The fourth-order valence-corrected chi connectivity index (χ4v) is 6.33. The van der Waals surface area contributed by atoms with Gasteiger partial charge in [0.05, 0.1) is 11.4 Å². The molecule has 0 N–H and O–H groups in total. The third-order valence-electron chi connectivity index (χ3n) is 7.29. The summed E-state index contributed by atoms with van der Waals surface area (Å²) in [5, 5.41) is 9.77. The van der Waals surface area contributed by atoms with Gasteiger partial charge in [-0.25, -0.2) is 4.39 Å². The molecule has 1 aromatic heterocycles. The Morgan fingerprint density at radius 3 is 2.30 bits per heavy atom. The number of piperazine rings is 1. The number of nitriles is 1. The molecule has 2 saturated heterocycles. The van der Waals surface area contributed by atoms with Gasteiger partial charge < -0.3 is 4.90 Å². The molecule has 0 atom stereocenters. The van der Waals surface area contributed by atoms with Crippen LogP contribution in [0.3, 0.4) is 0 Å². The van der Waals surface area contributed by atoms with E-state index in [9.17, 15) is 19.2 Å². The van der Waals surface area contributed by atoms with E-state index in [1.165, 1.54) is 38.9 Å². The van der Waals surface area contributed by atoms with Gasteiger partial charge in [0, 0.05) is 45.3 Å². The summed E-state index contributed by atoms with van der Waals surface area (Å²) in [6, 6.07) is 18.3. The molecular weight excluding hydrogens is 545 g/mol. The third-order valence-corrected chi connectivity index (χ3v) is 8.67. The highest BCUT2D eigenvalue weighted by Gasteiger charge is 2.33. The van der Waals surface area contributed by atoms with Gasteiger partial charge in [-0.1, -0.05) is 66.4 Å². The SMILES string of the molecule is Cc1c(C=C2SC(=S)N(Cc3ccc(F)cc3)C2=O)c(N2CCN(Cc3ccccc3)CC2)n(C)c(=O)c1C#N. The second kappa shape index (κ2) is 11.8. The van der Waals surface area contributed by atoms with E-state index in [4.69, 9.17) is 12.2 Å². The van der Waals surface area contributed by atoms with Gasteiger partial charge >= 0.3 is 0 Å². The molecule has 2 fully saturated rings. The topological polar surface area (TPSA) is 72.6 Å². The molecule has 0 bridgehead atoms. The van der Waals surface area contributed by atoms with Crippen molar-refractivity contribution in [3.8, 4) is 6.07 Å². The zero-order valence-corrected chi connectivity index (χ0v) is 23.9. The minimum atomic E-state index is -0.359. The minimum Gasteiger partial charge on any atom is -0.355 e. The van der Waals surface area contributed by atoms with E-state index < -0.39 is 0 Å². The number of nitrogens with zero attached hydrogens (tertiary/aromatic N) is 5. The van der Waals surface area contributed by atoms with Gasteiger partial charge in [-0.2, -0.15) is 5.26 Å². The first-order valence-corrected chi connectivity index (χ1v) is 14.1. The molecule has 2 aliphatic heterocycles. The van der Waals surface area contributed by atoms with Crippen molar-refractivity contribution in [3.63, 3.8) is 0 Å². The van der Waals surface area contributed by atoms with Gasteiger partial charge in [-0.3, -0.25) is 24.0 Å². The van der Waals surface area contributed by atoms with Gasteiger partial charge in [0.15, 0.2) is 0 Å². The van der Waals surface area contributed by atoms with Crippen molar-refractivity contribution >= 4 is 46.1 Å². The number of carbonyl (C=O) groups excluding carboxylic acids is 1. The van der Waals surface area contributed by atoms with Crippen molar-refractivity contribution in [2.75, 3.05) is 31.1 Å². The Bertz CT molecular complexity index is 1590. The highest BCUT2D eigenvalue weighted by Crippen LogP contribution is 2.36. The number of hydrogen-bond donors (Lipinski definition) is 0. The van der Waals surface area contributed by atoms with Crippen molar-refractivity contribution in [2.45, 2.75) is 20.0 Å². The molecule has 40 heavy (non-hydrogen) atoms. The number of benzene rings is 2. The molecule has 0 unspecified atom stereocenters. The quantitative estimate of drug-likeness (QED) is 0.319. The zero-order valence-electron chi connectivity index (χ0n) is 22.3. The molecule has 1 amide bonds. The van der Waals surface area contributed by atoms with Crippen LogP contribution in [0.4, 0.5) is 10.2 Å². The molecule has 0 aliphatic carbocycles. The lowest BCUT2D eigenvalue weighted by molar-refractivity contribution is -0.122. The molecule has 204 valence electrons. The van der Waals surface area contributed by atoms with E-state index in [-0.39, 0.29) is 29.4 Å². The maximum atomic E-state index is 13.4. The summed E-state index contributed by atoms with van der Waals surface area (Å²) in [4.78, 5) is 33.0. The first-order chi connectivity index (χ1) is 19.3.